The monoisotopic (exact) mass is 261 g/mol. The van der Waals surface area contributed by atoms with Crippen molar-refractivity contribution >= 4 is 5.91 Å². The summed E-state index contributed by atoms with van der Waals surface area (Å²) in [5.41, 5.74) is 3.40. The van der Waals surface area contributed by atoms with Crippen LogP contribution in [0.5, 0.6) is 0 Å². The standard InChI is InChI=1S/C17H27NO/c1-5-18-15(19)13-8-9-17-11(2)6-7-12(10-14(13)17)16(17,3)4/h11-12H,5-10H2,1-4H3,(H,18,19)/t11-,12-,17+/m1/s1. The molecule has 3 atom stereocenters. The third-order valence-electron chi connectivity index (χ3n) is 6.69. The lowest BCUT2D eigenvalue weighted by Crippen LogP contribution is -2.44. The van der Waals surface area contributed by atoms with Crippen molar-refractivity contribution in [2.45, 2.75) is 59.8 Å². The van der Waals surface area contributed by atoms with Crippen molar-refractivity contribution in [3.63, 3.8) is 0 Å². The smallest absolute Gasteiger partial charge is 0.247 e. The van der Waals surface area contributed by atoms with E-state index >= 15 is 0 Å². The number of amides is 1. The average molecular weight is 261 g/mol. The van der Waals surface area contributed by atoms with E-state index in [4.69, 9.17) is 0 Å². The minimum Gasteiger partial charge on any atom is -0.353 e. The van der Waals surface area contributed by atoms with Crippen LogP contribution in [-0.2, 0) is 4.79 Å². The lowest BCUT2D eigenvalue weighted by Gasteiger charge is -2.51. The summed E-state index contributed by atoms with van der Waals surface area (Å²) < 4.78 is 0. The van der Waals surface area contributed by atoms with Crippen molar-refractivity contribution < 1.29 is 4.79 Å². The minimum absolute atomic E-state index is 0.213. The molecule has 106 valence electrons. The molecule has 2 nitrogen and oxygen atoms in total. The number of hydrogen-bond acceptors (Lipinski definition) is 1. The number of nitrogens with one attached hydrogen (secondary N) is 1. The van der Waals surface area contributed by atoms with Crippen LogP contribution in [0.4, 0.5) is 0 Å². The minimum atomic E-state index is 0.213. The van der Waals surface area contributed by atoms with E-state index < -0.39 is 0 Å². The molecule has 0 aliphatic heterocycles. The third-order valence-corrected chi connectivity index (χ3v) is 6.69. The Hall–Kier alpha value is -0.790. The Kier molecular flexibility index (Phi) is 2.85. The molecule has 0 aromatic heterocycles. The molecule has 2 fully saturated rings. The molecule has 0 radical (unpaired) electrons. The lowest BCUT2D eigenvalue weighted by molar-refractivity contribution is -0.117. The van der Waals surface area contributed by atoms with Crippen LogP contribution in [0.3, 0.4) is 0 Å². The number of fused-ring (bicyclic) bond motifs is 1. The number of carbonyl (C=O) groups excluding carboxylic acids is 1. The van der Waals surface area contributed by atoms with Crippen LogP contribution in [0, 0.1) is 22.7 Å². The molecule has 1 N–H and O–H groups in total. The van der Waals surface area contributed by atoms with Crippen LogP contribution in [0.15, 0.2) is 11.1 Å². The Morgan fingerprint density at radius 3 is 2.79 bits per heavy atom. The lowest BCUT2D eigenvalue weighted by atomic mass is 9.53. The van der Waals surface area contributed by atoms with E-state index in [0.717, 1.165) is 30.4 Å². The maximum absolute atomic E-state index is 12.3. The Morgan fingerprint density at radius 1 is 1.37 bits per heavy atom. The van der Waals surface area contributed by atoms with Gasteiger partial charge in [0, 0.05) is 17.5 Å². The van der Waals surface area contributed by atoms with Crippen LogP contribution in [0.1, 0.15) is 59.8 Å². The number of rotatable bonds is 2. The Bertz CT molecular complexity index is 448. The van der Waals surface area contributed by atoms with E-state index in [1.54, 1.807) is 5.57 Å². The normalized spacial score (nSPS) is 39.4. The highest BCUT2D eigenvalue weighted by Crippen LogP contribution is 2.72. The fraction of sp³-hybridized carbons (Fsp3) is 0.824. The first-order chi connectivity index (χ1) is 8.95. The molecule has 19 heavy (non-hydrogen) atoms. The van der Waals surface area contributed by atoms with Crippen LogP contribution < -0.4 is 5.32 Å². The highest BCUT2D eigenvalue weighted by molar-refractivity contribution is 5.95. The molecule has 1 spiro atoms. The highest BCUT2D eigenvalue weighted by Gasteiger charge is 2.64. The van der Waals surface area contributed by atoms with Gasteiger partial charge >= 0.3 is 0 Å². The second-order valence-corrected chi connectivity index (χ2v) is 7.39. The van der Waals surface area contributed by atoms with Crippen molar-refractivity contribution in [1.82, 2.24) is 5.32 Å². The van der Waals surface area contributed by atoms with Gasteiger partial charge in [-0.3, -0.25) is 4.79 Å². The van der Waals surface area contributed by atoms with Crippen LogP contribution in [0.2, 0.25) is 0 Å². The molecule has 0 heterocycles. The van der Waals surface area contributed by atoms with Crippen molar-refractivity contribution in [1.29, 1.82) is 0 Å². The van der Waals surface area contributed by atoms with E-state index in [9.17, 15) is 4.79 Å². The predicted octanol–water partition coefficient (Wildman–Crippen LogP) is 3.68. The topological polar surface area (TPSA) is 29.1 Å². The second-order valence-electron chi connectivity index (χ2n) is 7.39. The summed E-state index contributed by atoms with van der Waals surface area (Å²) in [6.07, 6.45) is 6.09. The van der Waals surface area contributed by atoms with Crippen molar-refractivity contribution in [3.05, 3.63) is 11.1 Å². The Balaban J connectivity index is 2.08. The van der Waals surface area contributed by atoms with Gasteiger partial charge in [0.25, 0.3) is 0 Å². The van der Waals surface area contributed by atoms with Crippen molar-refractivity contribution in [2.75, 3.05) is 6.54 Å². The van der Waals surface area contributed by atoms with E-state index in [-0.39, 0.29) is 5.91 Å². The molecule has 2 bridgehead atoms. The Morgan fingerprint density at radius 2 is 2.11 bits per heavy atom. The first-order valence-corrected chi connectivity index (χ1v) is 7.95. The zero-order valence-electron chi connectivity index (χ0n) is 12.8. The number of hydrogen-bond donors (Lipinski definition) is 1. The first-order valence-electron chi connectivity index (χ1n) is 7.95. The van der Waals surface area contributed by atoms with Crippen molar-refractivity contribution in [2.24, 2.45) is 22.7 Å². The summed E-state index contributed by atoms with van der Waals surface area (Å²) in [6, 6.07) is 0. The maximum Gasteiger partial charge on any atom is 0.247 e. The average Bonchev–Trinajstić information content (AvgIpc) is 2.76. The van der Waals surface area contributed by atoms with Gasteiger partial charge in [-0.25, -0.2) is 0 Å². The summed E-state index contributed by atoms with van der Waals surface area (Å²) in [5, 5.41) is 3.02. The molecule has 1 amide bonds. The third kappa shape index (κ3) is 1.46. The molecular formula is C17H27NO. The fourth-order valence-corrected chi connectivity index (χ4v) is 5.63. The highest BCUT2D eigenvalue weighted by atomic mass is 16.1. The number of likely N-dealkylation sites (N-methyl/N-ethyl adjacent to an activating group) is 1. The van der Waals surface area contributed by atoms with E-state index in [0.29, 0.717) is 10.8 Å². The van der Waals surface area contributed by atoms with E-state index in [1.807, 2.05) is 6.92 Å². The molecule has 3 aliphatic carbocycles. The number of carbonyl (C=O) groups is 1. The quantitative estimate of drug-likeness (QED) is 0.807. The molecule has 2 saturated carbocycles. The molecule has 0 aromatic rings. The molecule has 0 aromatic carbocycles. The van der Waals surface area contributed by atoms with Gasteiger partial charge < -0.3 is 5.32 Å². The van der Waals surface area contributed by atoms with Crippen molar-refractivity contribution in [3.8, 4) is 0 Å². The van der Waals surface area contributed by atoms with Gasteiger partial charge in [-0.1, -0.05) is 26.3 Å². The molecule has 2 heteroatoms. The molecule has 0 saturated heterocycles. The predicted molar refractivity (Wildman–Crippen MR) is 77.7 cm³/mol. The zero-order chi connectivity index (χ0) is 13.8. The van der Waals surface area contributed by atoms with Gasteiger partial charge in [0.1, 0.15) is 0 Å². The molecule has 3 aliphatic rings. The van der Waals surface area contributed by atoms with Gasteiger partial charge in [-0.15, -0.1) is 0 Å². The van der Waals surface area contributed by atoms with Crippen LogP contribution in [-0.4, -0.2) is 12.5 Å². The zero-order valence-corrected chi connectivity index (χ0v) is 12.8. The second kappa shape index (κ2) is 4.10. The fourth-order valence-electron chi connectivity index (χ4n) is 5.63. The largest absolute Gasteiger partial charge is 0.353 e. The summed E-state index contributed by atoms with van der Waals surface area (Å²) >= 11 is 0. The molecule has 3 rings (SSSR count). The van der Waals surface area contributed by atoms with Gasteiger partial charge in [-0.05, 0) is 56.3 Å². The van der Waals surface area contributed by atoms with E-state index in [1.165, 1.54) is 25.7 Å². The van der Waals surface area contributed by atoms with E-state index in [2.05, 4.69) is 26.1 Å². The summed E-state index contributed by atoms with van der Waals surface area (Å²) in [5.74, 6) is 1.75. The number of allylic oxidation sites excluding steroid dienone is 1. The summed E-state index contributed by atoms with van der Waals surface area (Å²) in [7, 11) is 0. The van der Waals surface area contributed by atoms with Gasteiger partial charge in [-0.2, -0.15) is 0 Å². The van der Waals surface area contributed by atoms with Gasteiger partial charge in [0.2, 0.25) is 5.91 Å². The van der Waals surface area contributed by atoms with Crippen LogP contribution >= 0.6 is 0 Å². The first kappa shape index (κ1) is 13.2. The molecule has 0 unspecified atom stereocenters. The van der Waals surface area contributed by atoms with Gasteiger partial charge in [0.15, 0.2) is 0 Å². The summed E-state index contributed by atoms with van der Waals surface area (Å²) in [6.45, 7) is 10.1. The van der Waals surface area contributed by atoms with Gasteiger partial charge in [0.05, 0.1) is 0 Å². The maximum atomic E-state index is 12.3. The Labute approximate surface area is 117 Å². The summed E-state index contributed by atoms with van der Waals surface area (Å²) in [4.78, 5) is 12.3. The SMILES string of the molecule is CCNC(=O)C1=C2C[C@H]3CC[C@@H](C)[C@]2(CC1)C3(C)C. The van der Waals surface area contributed by atoms with Crippen LogP contribution in [0.25, 0.3) is 0 Å². The molecular weight excluding hydrogens is 234 g/mol.